The van der Waals surface area contributed by atoms with E-state index < -0.39 is 0 Å². The van der Waals surface area contributed by atoms with Gasteiger partial charge in [-0.1, -0.05) is 6.92 Å². The van der Waals surface area contributed by atoms with Crippen LogP contribution < -0.4 is 5.32 Å². The number of ether oxygens (including phenoxy) is 3. The molecule has 0 bridgehead atoms. The van der Waals surface area contributed by atoms with Crippen LogP contribution in [0.15, 0.2) is 0 Å². The minimum absolute atomic E-state index is 0.219. The Morgan fingerprint density at radius 1 is 1.38 bits per heavy atom. The van der Waals surface area contributed by atoms with E-state index in [4.69, 9.17) is 14.2 Å². The van der Waals surface area contributed by atoms with E-state index in [2.05, 4.69) is 12.2 Å². The third-order valence-corrected chi connectivity index (χ3v) is 3.52. The molecule has 2 aliphatic rings. The van der Waals surface area contributed by atoms with Gasteiger partial charge in [0.05, 0.1) is 19.3 Å². The first-order valence-electron chi connectivity index (χ1n) is 6.36. The van der Waals surface area contributed by atoms with Crippen molar-refractivity contribution in [3.63, 3.8) is 0 Å². The molecule has 2 rings (SSSR count). The summed E-state index contributed by atoms with van der Waals surface area (Å²) < 4.78 is 17.4. The number of hydrogen-bond acceptors (Lipinski definition) is 4. The molecular weight excluding hydrogens is 206 g/mol. The molecule has 0 amide bonds. The summed E-state index contributed by atoms with van der Waals surface area (Å²) in [6, 6.07) is 0.435. The van der Waals surface area contributed by atoms with Gasteiger partial charge in [-0.15, -0.1) is 0 Å². The largest absolute Gasteiger partial charge is 0.376 e. The Balaban J connectivity index is 1.94. The van der Waals surface area contributed by atoms with Crippen molar-refractivity contribution in [2.45, 2.75) is 50.5 Å². The Bertz CT molecular complexity index is 216. The second-order valence-corrected chi connectivity index (χ2v) is 4.65. The van der Waals surface area contributed by atoms with Gasteiger partial charge in [-0.25, -0.2) is 0 Å². The average molecular weight is 229 g/mol. The van der Waals surface area contributed by atoms with Gasteiger partial charge in [-0.05, 0) is 19.9 Å². The summed E-state index contributed by atoms with van der Waals surface area (Å²) in [4.78, 5) is 0. The number of rotatable bonds is 4. The summed E-state index contributed by atoms with van der Waals surface area (Å²) in [7, 11) is 2.00. The number of likely N-dealkylation sites (N-methyl/N-ethyl adjacent to an activating group) is 1. The highest BCUT2D eigenvalue weighted by Gasteiger charge is 2.45. The van der Waals surface area contributed by atoms with E-state index in [1.165, 1.54) is 0 Å². The van der Waals surface area contributed by atoms with Crippen LogP contribution in [-0.2, 0) is 14.2 Å². The van der Waals surface area contributed by atoms with Crippen LogP contribution in [0.5, 0.6) is 0 Å². The zero-order valence-corrected chi connectivity index (χ0v) is 10.3. The quantitative estimate of drug-likeness (QED) is 0.788. The van der Waals surface area contributed by atoms with Gasteiger partial charge in [0.1, 0.15) is 0 Å². The zero-order valence-electron chi connectivity index (χ0n) is 10.3. The molecule has 2 fully saturated rings. The standard InChI is InChI=1S/C12H23NO3/c1-3-6-14-11-9-12(15-7-8-16-12)5-4-10(11)13-2/h10-11,13H,3-9H2,1-2H3. The molecule has 1 saturated heterocycles. The average Bonchev–Trinajstić information content (AvgIpc) is 2.75. The first-order valence-corrected chi connectivity index (χ1v) is 6.36. The zero-order chi connectivity index (χ0) is 11.4. The van der Waals surface area contributed by atoms with Crippen molar-refractivity contribution in [3.05, 3.63) is 0 Å². The highest BCUT2D eigenvalue weighted by Crippen LogP contribution is 2.37. The van der Waals surface area contributed by atoms with Crippen molar-refractivity contribution in [1.29, 1.82) is 0 Å². The third-order valence-electron chi connectivity index (χ3n) is 3.52. The summed E-state index contributed by atoms with van der Waals surface area (Å²) in [5.41, 5.74) is 0. The van der Waals surface area contributed by atoms with Gasteiger partial charge in [-0.2, -0.15) is 0 Å². The van der Waals surface area contributed by atoms with Crippen LogP contribution in [0, 0.1) is 0 Å². The van der Waals surface area contributed by atoms with E-state index in [1.54, 1.807) is 0 Å². The molecule has 2 unspecified atom stereocenters. The molecule has 94 valence electrons. The van der Waals surface area contributed by atoms with Gasteiger partial charge in [0.15, 0.2) is 5.79 Å². The van der Waals surface area contributed by atoms with Crippen molar-refractivity contribution < 1.29 is 14.2 Å². The molecule has 4 nitrogen and oxygen atoms in total. The lowest BCUT2D eigenvalue weighted by Crippen LogP contribution is -2.51. The van der Waals surface area contributed by atoms with Gasteiger partial charge in [0.2, 0.25) is 0 Å². The van der Waals surface area contributed by atoms with Gasteiger partial charge < -0.3 is 19.5 Å². The molecule has 1 saturated carbocycles. The fourth-order valence-electron chi connectivity index (χ4n) is 2.65. The lowest BCUT2D eigenvalue weighted by Gasteiger charge is -2.40. The Morgan fingerprint density at radius 2 is 2.12 bits per heavy atom. The molecule has 1 aliphatic carbocycles. The fraction of sp³-hybridized carbons (Fsp3) is 1.00. The second kappa shape index (κ2) is 5.45. The maximum absolute atomic E-state index is 5.90. The van der Waals surface area contributed by atoms with Crippen molar-refractivity contribution in [2.24, 2.45) is 0 Å². The minimum atomic E-state index is -0.342. The SMILES string of the molecule is CCCOC1CC2(CCC1NC)OCCO2. The maximum Gasteiger partial charge on any atom is 0.171 e. The highest BCUT2D eigenvalue weighted by molar-refractivity contribution is 4.91. The lowest BCUT2D eigenvalue weighted by atomic mass is 9.87. The van der Waals surface area contributed by atoms with E-state index in [0.717, 1.165) is 45.5 Å². The first-order chi connectivity index (χ1) is 7.79. The smallest absolute Gasteiger partial charge is 0.171 e. The van der Waals surface area contributed by atoms with Gasteiger partial charge in [-0.3, -0.25) is 0 Å². The lowest BCUT2D eigenvalue weighted by molar-refractivity contribution is -0.206. The van der Waals surface area contributed by atoms with E-state index in [0.29, 0.717) is 6.04 Å². The van der Waals surface area contributed by atoms with Gasteiger partial charge >= 0.3 is 0 Å². The molecule has 0 radical (unpaired) electrons. The van der Waals surface area contributed by atoms with Gasteiger partial charge in [0, 0.05) is 25.5 Å². The second-order valence-electron chi connectivity index (χ2n) is 4.65. The van der Waals surface area contributed by atoms with Crippen LogP contribution in [-0.4, -0.2) is 44.8 Å². The number of hydrogen-bond donors (Lipinski definition) is 1. The maximum atomic E-state index is 5.90. The fourth-order valence-corrected chi connectivity index (χ4v) is 2.65. The number of nitrogens with one attached hydrogen (secondary N) is 1. The van der Waals surface area contributed by atoms with Crippen LogP contribution >= 0.6 is 0 Å². The molecule has 0 aromatic rings. The third kappa shape index (κ3) is 2.56. The van der Waals surface area contributed by atoms with Gasteiger partial charge in [0.25, 0.3) is 0 Å². The van der Waals surface area contributed by atoms with Crippen LogP contribution in [0.3, 0.4) is 0 Å². The van der Waals surface area contributed by atoms with Crippen LogP contribution in [0.4, 0.5) is 0 Å². The molecule has 1 spiro atoms. The molecule has 1 N–H and O–H groups in total. The van der Waals surface area contributed by atoms with E-state index in [1.807, 2.05) is 7.05 Å². The predicted molar refractivity (Wildman–Crippen MR) is 61.4 cm³/mol. The van der Waals surface area contributed by atoms with Crippen molar-refractivity contribution in [1.82, 2.24) is 5.32 Å². The topological polar surface area (TPSA) is 39.7 Å². The van der Waals surface area contributed by atoms with Crippen molar-refractivity contribution in [2.75, 3.05) is 26.9 Å². The summed E-state index contributed by atoms with van der Waals surface area (Å²) in [6.45, 7) is 4.41. The summed E-state index contributed by atoms with van der Waals surface area (Å²) in [5, 5.41) is 3.33. The summed E-state index contributed by atoms with van der Waals surface area (Å²) >= 11 is 0. The van der Waals surface area contributed by atoms with Crippen LogP contribution in [0.2, 0.25) is 0 Å². The van der Waals surface area contributed by atoms with E-state index >= 15 is 0 Å². The predicted octanol–water partition coefficient (Wildman–Crippen LogP) is 1.30. The molecule has 16 heavy (non-hydrogen) atoms. The Hall–Kier alpha value is -0.160. The van der Waals surface area contributed by atoms with Crippen molar-refractivity contribution >= 4 is 0 Å². The van der Waals surface area contributed by atoms with Crippen LogP contribution in [0.1, 0.15) is 32.6 Å². The van der Waals surface area contributed by atoms with Crippen molar-refractivity contribution in [3.8, 4) is 0 Å². The first kappa shape index (κ1) is 12.3. The Labute approximate surface area is 97.6 Å². The minimum Gasteiger partial charge on any atom is -0.376 e. The summed E-state index contributed by atoms with van der Waals surface area (Å²) in [5.74, 6) is -0.342. The summed E-state index contributed by atoms with van der Waals surface area (Å²) in [6.07, 6.45) is 4.17. The molecule has 1 heterocycles. The molecule has 0 aromatic carbocycles. The van der Waals surface area contributed by atoms with E-state index in [9.17, 15) is 0 Å². The monoisotopic (exact) mass is 229 g/mol. The Kier molecular flexibility index (Phi) is 4.19. The molecule has 4 heteroatoms. The normalized spacial score (nSPS) is 33.4. The molecule has 0 aromatic heterocycles. The van der Waals surface area contributed by atoms with E-state index in [-0.39, 0.29) is 11.9 Å². The molecule has 1 aliphatic heterocycles. The highest BCUT2D eigenvalue weighted by atomic mass is 16.7. The Morgan fingerprint density at radius 3 is 2.75 bits per heavy atom. The molecular formula is C12H23NO3. The van der Waals surface area contributed by atoms with Crippen LogP contribution in [0.25, 0.3) is 0 Å². The molecule has 2 atom stereocenters.